The maximum atomic E-state index is 13.6. The maximum absolute atomic E-state index is 13.6. The Balaban J connectivity index is 3.11. The van der Waals surface area contributed by atoms with E-state index in [1.165, 1.54) is 11.3 Å². The summed E-state index contributed by atoms with van der Waals surface area (Å²) >= 11 is 1.52. The van der Waals surface area contributed by atoms with Crippen molar-refractivity contribution >= 4 is 11.3 Å². The molecule has 0 saturated carbocycles. The molecular formula is C12H19FS. The van der Waals surface area contributed by atoms with Gasteiger partial charge in [-0.05, 0) is 25.2 Å². The molecule has 0 fully saturated rings. The van der Waals surface area contributed by atoms with Crippen molar-refractivity contribution in [1.29, 1.82) is 0 Å². The Morgan fingerprint density at radius 1 is 1.43 bits per heavy atom. The van der Waals surface area contributed by atoms with E-state index in [4.69, 9.17) is 0 Å². The van der Waals surface area contributed by atoms with Crippen LogP contribution in [0.5, 0.6) is 0 Å². The first-order chi connectivity index (χ1) is 6.55. The number of rotatable bonds is 4. The Morgan fingerprint density at radius 3 is 2.43 bits per heavy atom. The van der Waals surface area contributed by atoms with Crippen LogP contribution in [-0.2, 0) is 5.41 Å². The van der Waals surface area contributed by atoms with Crippen LogP contribution in [0.3, 0.4) is 0 Å². The highest BCUT2D eigenvalue weighted by Crippen LogP contribution is 2.38. The third-order valence-corrected chi connectivity index (χ3v) is 4.00. The summed E-state index contributed by atoms with van der Waals surface area (Å²) in [6.45, 7) is 8.50. The molecule has 0 N–H and O–H groups in total. The highest BCUT2D eigenvalue weighted by atomic mass is 32.1. The average molecular weight is 214 g/mol. The molecule has 1 heterocycles. The van der Waals surface area contributed by atoms with Crippen molar-refractivity contribution in [2.45, 2.75) is 52.4 Å². The molecule has 1 aromatic rings. The number of hydrogen-bond acceptors (Lipinski definition) is 1. The molecule has 14 heavy (non-hydrogen) atoms. The van der Waals surface area contributed by atoms with Gasteiger partial charge in [0.1, 0.15) is 5.82 Å². The standard InChI is InChI=1S/C12H19FS/c1-5-7-12(4,6-2)11-9(3)14-8-10(11)13/h8H,5-7H2,1-4H3. The van der Waals surface area contributed by atoms with Crippen LogP contribution in [0, 0.1) is 12.7 Å². The molecule has 80 valence electrons. The summed E-state index contributed by atoms with van der Waals surface area (Å²) in [6.07, 6.45) is 3.19. The molecule has 0 amide bonds. The molecule has 0 spiro atoms. The largest absolute Gasteiger partial charge is 0.206 e. The van der Waals surface area contributed by atoms with Crippen molar-refractivity contribution in [3.63, 3.8) is 0 Å². The Morgan fingerprint density at radius 2 is 2.07 bits per heavy atom. The summed E-state index contributed by atoms with van der Waals surface area (Å²) in [5.74, 6) is -0.00898. The zero-order valence-corrected chi connectivity index (χ0v) is 10.3. The summed E-state index contributed by atoms with van der Waals surface area (Å²) < 4.78 is 13.6. The highest BCUT2D eigenvalue weighted by molar-refractivity contribution is 7.10. The van der Waals surface area contributed by atoms with E-state index in [2.05, 4.69) is 20.8 Å². The second kappa shape index (κ2) is 4.43. The second-order valence-electron chi connectivity index (χ2n) is 4.18. The lowest BCUT2D eigenvalue weighted by Crippen LogP contribution is -2.22. The zero-order chi connectivity index (χ0) is 10.8. The van der Waals surface area contributed by atoms with Gasteiger partial charge in [-0.15, -0.1) is 11.3 Å². The molecule has 2 heteroatoms. The molecule has 1 rings (SSSR count). The first-order valence-electron chi connectivity index (χ1n) is 5.29. The number of halogens is 1. The van der Waals surface area contributed by atoms with Gasteiger partial charge in [0.05, 0.1) is 0 Å². The molecule has 1 unspecified atom stereocenters. The van der Waals surface area contributed by atoms with Crippen LogP contribution in [0.15, 0.2) is 5.38 Å². The molecule has 1 aromatic heterocycles. The zero-order valence-electron chi connectivity index (χ0n) is 9.48. The van der Waals surface area contributed by atoms with E-state index in [-0.39, 0.29) is 11.2 Å². The lowest BCUT2D eigenvalue weighted by Gasteiger charge is -2.28. The fraction of sp³-hybridized carbons (Fsp3) is 0.667. The minimum Gasteiger partial charge on any atom is -0.206 e. The van der Waals surface area contributed by atoms with E-state index in [1.807, 2.05) is 6.92 Å². The van der Waals surface area contributed by atoms with E-state index >= 15 is 0 Å². The Kier molecular flexibility index (Phi) is 3.71. The van der Waals surface area contributed by atoms with Gasteiger partial charge in [0.25, 0.3) is 0 Å². The van der Waals surface area contributed by atoms with Gasteiger partial charge in [-0.2, -0.15) is 0 Å². The van der Waals surface area contributed by atoms with E-state index in [0.717, 1.165) is 29.7 Å². The van der Waals surface area contributed by atoms with Gasteiger partial charge in [0.2, 0.25) is 0 Å². The lowest BCUT2D eigenvalue weighted by molar-refractivity contribution is 0.394. The van der Waals surface area contributed by atoms with Crippen LogP contribution in [0.25, 0.3) is 0 Å². The van der Waals surface area contributed by atoms with Crippen LogP contribution in [-0.4, -0.2) is 0 Å². The van der Waals surface area contributed by atoms with E-state index in [1.54, 1.807) is 5.38 Å². The molecule has 0 aromatic carbocycles. The van der Waals surface area contributed by atoms with Gasteiger partial charge < -0.3 is 0 Å². The molecule has 0 aliphatic heterocycles. The highest BCUT2D eigenvalue weighted by Gasteiger charge is 2.29. The number of hydrogen-bond donors (Lipinski definition) is 0. The number of thiophene rings is 1. The second-order valence-corrected chi connectivity index (χ2v) is 5.26. The maximum Gasteiger partial charge on any atom is 0.137 e. The SMILES string of the molecule is CCCC(C)(CC)c1c(F)csc1C. The molecule has 0 aliphatic rings. The summed E-state index contributed by atoms with van der Waals surface area (Å²) in [6, 6.07) is 0. The molecule has 0 saturated heterocycles. The Hall–Kier alpha value is -0.370. The summed E-state index contributed by atoms with van der Waals surface area (Å²) in [4.78, 5) is 1.14. The summed E-state index contributed by atoms with van der Waals surface area (Å²) in [5, 5.41) is 1.63. The van der Waals surface area contributed by atoms with Gasteiger partial charge in [-0.3, -0.25) is 0 Å². The monoisotopic (exact) mass is 214 g/mol. The van der Waals surface area contributed by atoms with Crippen LogP contribution < -0.4 is 0 Å². The van der Waals surface area contributed by atoms with Crippen molar-refractivity contribution in [3.8, 4) is 0 Å². The van der Waals surface area contributed by atoms with Crippen molar-refractivity contribution in [2.24, 2.45) is 0 Å². The molecule has 0 radical (unpaired) electrons. The summed E-state index contributed by atoms with van der Waals surface area (Å²) in [5.41, 5.74) is 0.981. The van der Waals surface area contributed by atoms with Crippen molar-refractivity contribution < 1.29 is 4.39 Å². The topological polar surface area (TPSA) is 0 Å². The molecule has 0 aliphatic carbocycles. The van der Waals surface area contributed by atoms with E-state index < -0.39 is 0 Å². The molecular weight excluding hydrogens is 195 g/mol. The first kappa shape index (κ1) is 11.7. The lowest BCUT2D eigenvalue weighted by atomic mass is 9.76. The Bertz CT molecular complexity index is 284. The van der Waals surface area contributed by atoms with Crippen LogP contribution in [0.1, 0.15) is 50.5 Å². The summed E-state index contributed by atoms with van der Waals surface area (Å²) in [7, 11) is 0. The third kappa shape index (κ3) is 2.00. The van der Waals surface area contributed by atoms with Gasteiger partial charge in [-0.1, -0.05) is 27.2 Å². The predicted molar refractivity (Wildman–Crippen MR) is 61.6 cm³/mol. The van der Waals surface area contributed by atoms with E-state index in [9.17, 15) is 4.39 Å². The fourth-order valence-electron chi connectivity index (χ4n) is 2.17. The van der Waals surface area contributed by atoms with Crippen molar-refractivity contribution in [2.75, 3.05) is 0 Å². The smallest absolute Gasteiger partial charge is 0.137 e. The van der Waals surface area contributed by atoms with Gasteiger partial charge in [0, 0.05) is 15.8 Å². The predicted octanol–water partition coefficient (Wildman–Crippen LogP) is 4.66. The minimum atomic E-state index is -0.00898. The van der Waals surface area contributed by atoms with Crippen LogP contribution in [0.2, 0.25) is 0 Å². The molecule has 0 nitrogen and oxygen atoms in total. The van der Waals surface area contributed by atoms with Gasteiger partial charge >= 0.3 is 0 Å². The third-order valence-electron chi connectivity index (χ3n) is 3.12. The van der Waals surface area contributed by atoms with E-state index in [0.29, 0.717) is 0 Å². The Labute approximate surface area is 90.2 Å². The van der Waals surface area contributed by atoms with Crippen LogP contribution in [0.4, 0.5) is 4.39 Å². The van der Waals surface area contributed by atoms with Crippen molar-refractivity contribution in [1.82, 2.24) is 0 Å². The quantitative estimate of drug-likeness (QED) is 0.683. The van der Waals surface area contributed by atoms with Crippen molar-refractivity contribution in [3.05, 3.63) is 21.6 Å². The van der Waals surface area contributed by atoms with Crippen LogP contribution >= 0.6 is 11.3 Å². The number of aryl methyl sites for hydroxylation is 1. The normalized spacial score (nSPS) is 15.5. The van der Waals surface area contributed by atoms with Gasteiger partial charge in [0.15, 0.2) is 0 Å². The molecule has 0 bridgehead atoms. The molecule has 1 atom stereocenters. The average Bonchev–Trinajstić information content (AvgIpc) is 2.47. The minimum absolute atomic E-state index is 0.00898. The van der Waals surface area contributed by atoms with Gasteiger partial charge in [-0.25, -0.2) is 4.39 Å². The first-order valence-corrected chi connectivity index (χ1v) is 6.17. The fourth-order valence-corrected chi connectivity index (χ4v) is 3.03.